The second-order valence-electron chi connectivity index (χ2n) is 3.44. The van der Waals surface area contributed by atoms with Crippen LogP contribution in [0.4, 0.5) is 0 Å². The number of benzene rings is 2. The Hall–Kier alpha value is -0.471. The van der Waals surface area contributed by atoms with Gasteiger partial charge in [-0.05, 0) is 0 Å². The van der Waals surface area contributed by atoms with Gasteiger partial charge in [-0.3, -0.25) is 0 Å². The third-order valence-corrected chi connectivity index (χ3v) is 4.84. The van der Waals surface area contributed by atoms with Gasteiger partial charge in [0.1, 0.15) is 0 Å². The van der Waals surface area contributed by atoms with Crippen LogP contribution in [0.25, 0.3) is 0 Å². The van der Waals surface area contributed by atoms with Crippen LogP contribution in [0.5, 0.6) is 0 Å². The van der Waals surface area contributed by atoms with Gasteiger partial charge in [0, 0.05) is 0 Å². The van der Waals surface area contributed by atoms with Crippen molar-refractivity contribution in [1.82, 2.24) is 0 Å². The number of hydrogen-bond donors (Lipinski definition) is 0. The van der Waals surface area contributed by atoms with Crippen LogP contribution in [0.2, 0.25) is 5.02 Å². The molecule has 0 heterocycles. The summed E-state index contributed by atoms with van der Waals surface area (Å²) in [4.78, 5) is 0. The summed E-state index contributed by atoms with van der Waals surface area (Å²) in [5.41, 5.74) is 2.75. The molecule has 0 amide bonds. The fourth-order valence-electron chi connectivity index (χ4n) is 1.52. The average Bonchev–Trinajstić information content (AvgIpc) is 2.30. The molecule has 0 nitrogen and oxygen atoms in total. The van der Waals surface area contributed by atoms with Gasteiger partial charge in [-0.25, -0.2) is 0 Å². The molecule has 0 fully saturated rings. The molecule has 0 aliphatic rings. The quantitative estimate of drug-likeness (QED) is 0.744. The molecule has 0 aliphatic heterocycles. The summed E-state index contributed by atoms with van der Waals surface area (Å²) >= 11 is 7.06. The van der Waals surface area contributed by atoms with Crippen molar-refractivity contribution in [3.63, 3.8) is 0 Å². The molecular formula is C13H11ClSn. The summed E-state index contributed by atoms with van der Waals surface area (Å²) in [7, 11) is 0. The van der Waals surface area contributed by atoms with Crippen molar-refractivity contribution < 1.29 is 0 Å². The van der Waals surface area contributed by atoms with Crippen molar-refractivity contribution in [3.05, 3.63) is 70.7 Å². The SMILES string of the molecule is Clc1ccc([CH]([SnH])c2ccccc2)cc1. The fraction of sp³-hybridized carbons (Fsp3) is 0.0769. The Labute approximate surface area is 108 Å². The molecule has 2 heteroatoms. The molecule has 0 saturated heterocycles. The van der Waals surface area contributed by atoms with E-state index in [1.54, 1.807) is 0 Å². The molecule has 0 saturated carbocycles. The predicted molar refractivity (Wildman–Crippen MR) is 66.9 cm³/mol. The molecule has 1 atom stereocenters. The Kier molecular flexibility index (Phi) is 3.70. The van der Waals surface area contributed by atoms with E-state index in [2.05, 4.69) is 42.5 Å². The van der Waals surface area contributed by atoms with Crippen molar-refractivity contribution in [3.8, 4) is 0 Å². The second-order valence-corrected chi connectivity index (χ2v) is 5.78. The molecule has 2 aromatic carbocycles. The van der Waals surface area contributed by atoms with Gasteiger partial charge in [0.25, 0.3) is 0 Å². The van der Waals surface area contributed by atoms with E-state index in [0.717, 1.165) is 5.02 Å². The third-order valence-electron chi connectivity index (χ3n) is 2.39. The topological polar surface area (TPSA) is 0 Å². The van der Waals surface area contributed by atoms with E-state index in [1.165, 1.54) is 33.7 Å². The monoisotopic (exact) mass is 322 g/mol. The first-order chi connectivity index (χ1) is 7.27. The minimum absolute atomic E-state index is 0.550. The van der Waals surface area contributed by atoms with Crippen molar-refractivity contribution in [2.24, 2.45) is 0 Å². The van der Waals surface area contributed by atoms with Gasteiger partial charge in [0.15, 0.2) is 0 Å². The molecule has 0 spiro atoms. The zero-order chi connectivity index (χ0) is 10.7. The first-order valence-corrected chi connectivity index (χ1v) is 7.11. The van der Waals surface area contributed by atoms with E-state index in [4.69, 9.17) is 11.6 Å². The molecule has 2 aromatic rings. The fourth-order valence-corrected chi connectivity index (χ4v) is 2.92. The molecular weight excluding hydrogens is 310 g/mol. The molecule has 2 rings (SSSR count). The summed E-state index contributed by atoms with van der Waals surface area (Å²) in [6.07, 6.45) is 0. The molecule has 0 N–H and O–H groups in total. The van der Waals surface area contributed by atoms with Gasteiger partial charge in [-0.2, -0.15) is 0 Å². The Morgan fingerprint density at radius 3 is 1.93 bits per heavy atom. The van der Waals surface area contributed by atoms with Crippen LogP contribution in [0.15, 0.2) is 54.6 Å². The van der Waals surface area contributed by atoms with Crippen LogP contribution in [-0.2, 0) is 0 Å². The Morgan fingerprint density at radius 1 is 0.800 bits per heavy atom. The molecule has 74 valence electrons. The molecule has 0 bridgehead atoms. The van der Waals surface area contributed by atoms with E-state index in [9.17, 15) is 0 Å². The first-order valence-electron chi connectivity index (χ1n) is 4.83. The average molecular weight is 321 g/mol. The van der Waals surface area contributed by atoms with Crippen LogP contribution in [0.3, 0.4) is 0 Å². The van der Waals surface area contributed by atoms with Crippen LogP contribution < -0.4 is 0 Å². The number of hydrogen-bond acceptors (Lipinski definition) is 0. The number of rotatable bonds is 2. The summed E-state index contributed by atoms with van der Waals surface area (Å²) in [6.45, 7) is 0. The van der Waals surface area contributed by atoms with E-state index >= 15 is 0 Å². The van der Waals surface area contributed by atoms with Gasteiger partial charge in [0.05, 0.1) is 0 Å². The van der Waals surface area contributed by atoms with Crippen molar-refractivity contribution in [1.29, 1.82) is 0 Å². The van der Waals surface area contributed by atoms with Crippen molar-refractivity contribution >= 4 is 34.1 Å². The third kappa shape index (κ3) is 2.76. The normalized spacial score (nSPS) is 12.4. The van der Waals surface area contributed by atoms with Crippen molar-refractivity contribution in [2.45, 2.75) is 3.93 Å². The predicted octanol–water partition coefficient (Wildman–Crippen LogP) is 3.33. The van der Waals surface area contributed by atoms with Crippen LogP contribution in [0.1, 0.15) is 15.1 Å². The van der Waals surface area contributed by atoms with Gasteiger partial charge >= 0.3 is 109 Å². The van der Waals surface area contributed by atoms with E-state index in [1.807, 2.05) is 12.1 Å². The van der Waals surface area contributed by atoms with Gasteiger partial charge in [-0.1, -0.05) is 0 Å². The van der Waals surface area contributed by atoms with E-state index in [0.29, 0.717) is 3.93 Å². The van der Waals surface area contributed by atoms with E-state index in [-0.39, 0.29) is 0 Å². The molecule has 2 radical (unpaired) electrons. The van der Waals surface area contributed by atoms with Crippen LogP contribution >= 0.6 is 11.6 Å². The standard InChI is InChI=1S/C13H10Cl.Sn.H/c14-13-8-6-12(7-9-13)10-11-4-2-1-3-5-11;;/h1-10H;;. The van der Waals surface area contributed by atoms with Crippen LogP contribution in [-0.4, -0.2) is 22.5 Å². The molecule has 15 heavy (non-hydrogen) atoms. The first kappa shape index (κ1) is 11.0. The van der Waals surface area contributed by atoms with Gasteiger partial charge < -0.3 is 0 Å². The molecule has 1 unspecified atom stereocenters. The zero-order valence-corrected chi connectivity index (χ0v) is 12.3. The van der Waals surface area contributed by atoms with Gasteiger partial charge in [0.2, 0.25) is 0 Å². The Bertz CT molecular complexity index is 422. The minimum atomic E-state index is 0.550. The summed E-state index contributed by atoms with van der Waals surface area (Å²) in [6, 6.07) is 18.8. The van der Waals surface area contributed by atoms with Gasteiger partial charge in [-0.15, -0.1) is 0 Å². The maximum absolute atomic E-state index is 5.87. The van der Waals surface area contributed by atoms with Crippen molar-refractivity contribution in [2.75, 3.05) is 0 Å². The van der Waals surface area contributed by atoms with Crippen LogP contribution in [0, 0.1) is 0 Å². The summed E-state index contributed by atoms with van der Waals surface area (Å²) in [5, 5.41) is 0.805. The maximum atomic E-state index is 5.87. The Morgan fingerprint density at radius 2 is 1.33 bits per heavy atom. The second kappa shape index (κ2) is 5.04. The summed E-state index contributed by atoms with van der Waals surface area (Å²) < 4.78 is 0.550. The molecule has 0 aliphatic carbocycles. The Balaban J connectivity index is 2.29. The molecule has 0 aromatic heterocycles. The zero-order valence-electron chi connectivity index (χ0n) is 8.23. The van der Waals surface area contributed by atoms with E-state index < -0.39 is 0 Å². The number of halogens is 1. The summed E-state index contributed by atoms with van der Waals surface area (Å²) in [5.74, 6) is 0.